The topological polar surface area (TPSA) is 95.9 Å². The predicted molar refractivity (Wildman–Crippen MR) is 324 cm³/mol. The second-order valence-corrected chi connectivity index (χ2v) is 22.8. The summed E-state index contributed by atoms with van der Waals surface area (Å²) in [4.78, 5) is 24.6. The number of carbonyl (C=O) groups excluding carboxylic acids is 2. The summed E-state index contributed by atoms with van der Waals surface area (Å²) in [6.07, 6.45) is 80.6. The number of allylic oxidation sites excluding steroid dienone is 5. The molecular formula is C68H129NO5. The van der Waals surface area contributed by atoms with Crippen molar-refractivity contribution in [2.75, 3.05) is 13.2 Å². The number of nitrogens with one attached hydrogen (secondary N) is 1. The largest absolute Gasteiger partial charge is 0.466 e. The monoisotopic (exact) mass is 1040 g/mol. The summed E-state index contributed by atoms with van der Waals surface area (Å²) in [5.74, 6) is -0.108. The smallest absolute Gasteiger partial charge is 0.305 e. The number of unbranched alkanes of at least 4 members (excludes halogenated alkanes) is 47. The van der Waals surface area contributed by atoms with E-state index in [1.54, 1.807) is 6.08 Å². The van der Waals surface area contributed by atoms with Gasteiger partial charge in [0.2, 0.25) is 5.91 Å². The molecule has 2 atom stereocenters. The molecule has 0 heterocycles. The fraction of sp³-hybridized carbons (Fsp3) is 0.882. The third-order valence-electron chi connectivity index (χ3n) is 15.4. The van der Waals surface area contributed by atoms with Crippen LogP contribution in [0, 0.1) is 0 Å². The number of aliphatic hydroxyl groups is 2. The number of hydrogen-bond donors (Lipinski definition) is 3. The summed E-state index contributed by atoms with van der Waals surface area (Å²) in [6.45, 7) is 4.88. The molecule has 436 valence electrons. The van der Waals surface area contributed by atoms with E-state index in [0.717, 1.165) is 70.6 Å². The summed E-state index contributed by atoms with van der Waals surface area (Å²) < 4.78 is 5.48. The number of carbonyl (C=O) groups is 2. The fourth-order valence-corrected chi connectivity index (χ4v) is 10.3. The van der Waals surface area contributed by atoms with Crippen LogP contribution >= 0.6 is 0 Å². The zero-order chi connectivity index (χ0) is 53.6. The quantitative estimate of drug-likeness (QED) is 0.0320. The molecule has 0 aliphatic rings. The van der Waals surface area contributed by atoms with E-state index in [4.69, 9.17) is 4.74 Å². The summed E-state index contributed by atoms with van der Waals surface area (Å²) in [7, 11) is 0. The Bertz CT molecular complexity index is 1200. The van der Waals surface area contributed by atoms with E-state index >= 15 is 0 Å². The molecular weight excluding hydrogens is 911 g/mol. The Morgan fingerprint density at radius 2 is 0.635 bits per heavy atom. The minimum absolute atomic E-state index is 0.0137. The molecule has 2 unspecified atom stereocenters. The lowest BCUT2D eigenvalue weighted by molar-refractivity contribution is -0.143. The van der Waals surface area contributed by atoms with Gasteiger partial charge in [0.15, 0.2) is 0 Å². The number of hydrogen-bond acceptors (Lipinski definition) is 5. The number of ether oxygens (including phenoxy) is 1. The van der Waals surface area contributed by atoms with Crippen molar-refractivity contribution in [1.82, 2.24) is 5.32 Å². The van der Waals surface area contributed by atoms with Crippen LogP contribution in [0.5, 0.6) is 0 Å². The van der Waals surface area contributed by atoms with Crippen molar-refractivity contribution in [3.63, 3.8) is 0 Å². The average molecular weight is 1040 g/mol. The van der Waals surface area contributed by atoms with Gasteiger partial charge in [-0.25, -0.2) is 0 Å². The van der Waals surface area contributed by atoms with Crippen molar-refractivity contribution in [2.24, 2.45) is 0 Å². The van der Waals surface area contributed by atoms with Gasteiger partial charge in [-0.1, -0.05) is 301 Å². The molecule has 6 heteroatoms. The van der Waals surface area contributed by atoms with E-state index in [0.29, 0.717) is 19.4 Å². The maximum atomic E-state index is 12.5. The van der Waals surface area contributed by atoms with Gasteiger partial charge in [-0.2, -0.15) is 0 Å². The van der Waals surface area contributed by atoms with Crippen molar-refractivity contribution in [3.05, 3.63) is 36.5 Å². The minimum atomic E-state index is -0.864. The summed E-state index contributed by atoms with van der Waals surface area (Å²) in [5, 5.41) is 23.2. The molecule has 0 aliphatic heterocycles. The van der Waals surface area contributed by atoms with Crippen LogP contribution in [0.2, 0.25) is 0 Å². The van der Waals surface area contributed by atoms with Crippen LogP contribution in [0.4, 0.5) is 0 Å². The Morgan fingerprint density at radius 3 is 0.973 bits per heavy atom. The van der Waals surface area contributed by atoms with Crippen LogP contribution in [0.1, 0.15) is 361 Å². The lowest BCUT2D eigenvalue weighted by atomic mass is 10.0. The number of esters is 1. The third kappa shape index (κ3) is 59.3. The van der Waals surface area contributed by atoms with Gasteiger partial charge in [0.25, 0.3) is 0 Å². The van der Waals surface area contributed by atoms with Crippen LogP contribution in [0.15, 0.2) is 36.5 Å². The van der Waals surface area contributed by atoms with E-state index in [1.807, 2.05) is 6.08 Å². The SMILES string of the molecule is CCCCCCCC/C=C\CCCCCCCCCCCC(=O)OCCCCCCCC/C=C\CCCCCC(=O)NC(CO)C(O)/C=C/CCCCCCCCCCCCCCCCCCCCCCCCC. The van der Waals surface area contributed by atoms with Gasteiger partial charge in [-0.15, -0.1) is 0 Å². The molecule has 0 aromatic carbocycles. The van der Waals surface area contributed by atoms with E-state index in [9.17, 15) is 19.8 Å². The number of rotatable bonds is 62. The Labute approximate surface area is 462 Å². The van der Waals surface area contributed by atoms with Crippen LogP contribution < -0.4 is 5.32 Å². The molecule has 6 nitrogen and oxygen atoms in total. The van der Waals surface area contributed by atoms with Crippen LogP contribution in [-0.2, 0) is 14.3 Å². The van der Waals surface area contributed by atoms with Gasteiger partial charge in [-0.05, 0) is 83.5 Å². The third-order valence-corrected chi connectivity index (χ3v) is 15.4. The molecule has 0 aromatic rings. The van der Waals surface area contributed by atoms with Gasteiger partial charge >= 0.3 is 5.97 Å². The van der Waals surface area contributed by atoms with Crippen LogP contribution in [0.3, 0.4) is 0 Å². The molecule has 0 rings (SSSR count). The van der Waals surface area contributed by atoms with Gasteiger partial charge in [0, 0.05) is 12.8 Å². The highest BCUT2D eigenvalue weighted by Crippen LogP contribution is 2.18. The van der Waals surface area contributed by atoms with Crippen molar-refractivity contribution in [3.8, 4) is 0 Å². The molecule has 0 spiro atoms. The highest BCUT2D eigenvalue weighted by atomic mass is 16.5. The molecule has 74 heavy (non-hydrogen) atoms. The first kappa shape index (κ1) is 72.1. The highest BCUT2D eigenvalue weighted by molar-refractivity contribution is 5.76. The maximum absolute atomic E-state index is 12.5. The Balaban J connectivity index is 3.49. The molecule has 0 aromatic heterocycles. The van der Waals surface area contributed by atoms with Crippen molar-refractivity contribution in [1.29, 1.82) is 0 Å². The van der Waals surface area contributed by atoms with E-state index in [1.165, 1.54) is 263 Å². The number of amides is 1. The average Bonchev–Trinajstić information content (AvgIpc) is 3.40. The first-order valence-corrected chi connectivity index (χ1v) is 33.3. The lowest BCUT2D eigenvalue weighted by Crippen LogP contribution is -2.45. The predicted octanol–water partition coefficient (Wildman–Crippen LogP) is 21.1. The Kier molecular flexibility index (Phi) is 62.0. The van der Waals surface area contributed by atoms with E-state index in [-0.39, 0.29) is 18.5 Å². The summed E-state index contributed by atoms with van der Waals surface area (Å²) in [5.41, 5.74) is 0. The lowest BCUT2D eigenvalue weighted by Gasteiger charge is -2.19. The molecule has 0 aliphatic carbocycles. The molecule has 0 bridgehead atoms. The Hall–Kier alpha value is -1.92. The van der Waals surface area contributed by atoms with Gasteiger partial charge in [0.1, 0.15) is 0 Å². The number of aliphatic hydroxyl groups excluding tert-OH is 2. The standard InChI is InChI=1S/C68H129NO5/c1-3-5-7-9-11-13-15-17-19-21-23-24-25-26-27-28-30-31-33-36-40-44-48-52-56-60-66(71)65(64-70)69-67(72)61-57-53-49-45-41-37-35-39-43-47-51-55-59-63-74-68(73)62-58-54-50-46-42-38-34-32-29-22-20-18-16-14-12-10-8-6-4-2/h18,20,37,41,56,60,65-66,70-71H,3-17,19,21-36,38-40,42-55,57-59,61-64H2,1-2H3,(H,69,72)/b20-18-,41-37-,60-56+. The van der Waals surface area contributed by atoms with Crippen LogP contribution in [0.25, 0.3) is 0 Å². The molecule has 3 N–H and O–H groups in total. The molecule has 0 saturated heterocycles. The first-order chi connectivity index (χ1) is 36.5. The van der Waals surface area contributed by atoms with E-state index in [2.05, 4.69) is 43.5 Å². The molecule has 0 fully saturated rings. The Morgan fingerprint density at radius 1 is 0.365 bits per heavy atom. The minimum Gasteiger partial charge on any atom is -0.466 e. The molecule has 1 amide bonds. The first-order valence-electron chi connectivity index (χ1n) is 33.3. The van der Waals surface area contributed by atoms with Crippen LogP contribution in [-0.4, -0.2) is 47.4 Å². The van der Waals surface area contributed by atoms with Crippen molar-refractivity contribution >= 4 is 11.9 Å². The van der Waals surface area contributed by atoms with Gasteiger partial charge in [-0.3, -0.25) is 9.59 Å². The second-order valence-electron chi connectivity index (χ2n) is 22.8. The fourth-order valence-electron chi connectivity index (χ4n) is 10.3. The van der Waals surface area contributed by atoms with E-state index < -0.39 is 12.1 Å². The highest BCUT2D eigenvalue weighted by Gasteiger charge is 2.18. The summed E-state index contributed by atoms with van der Waals surface area (Å²) in [6, 6.07) is -0.650. The maximum Gasteiger partial charge on any atom is 0.305 e. The normalized spacial score (nSPS) is 12.8. The van der Waals surface area contributed by atoms with Crippen molar-refractivity contribution < 1.29 is 24.5 Å². The van der Waals surface area contributed by atoms with Gasteiger partial charge < -0.3 is 20.3 Å². The zero-order valence-electron chi connectivity index (χ0n) is 49.8. The molecule has 0 radical (unpaired) electrons. The van der Waals surface area contributed by atoms with Gasteiger partial charge in [0.05, 0.1) is 25.4 Å². The second kappa shape index (κ2) is 63.6. The van der Waals surface area contributed by atoms with Crippen molar-refractivity contribution in [2.45, 2.75) is 373 Å². The zero-order valence-corrected chi connectivity index (χ0v) is 49.8. The summed E-state index contributed by atoms with van der Waals surface area (Å²) >= 11 is 0. The molecule has 0 saturated carbocycles.